The van der Waals surface area contributed by atoms with Gasteiger partial charge in [-0.05, 0) is 49.4 Å². The van der Waals surface area contributed by atoms with Gasteiger partial charge in [0.2, 0.25) is 0 Å². The van der Waals surface area contributed by atoms with Gasteiger partial charge in [-0.2, -0.15) is 0 Å². The highest BCUT2D eigenvalue weighted by atomic mass is 16.5. The first-order valence-corrected chi connectivity index (χ1v) is 11.8. The van der Waals surface area contributed by atoms with E-state index >= 15 is 0 Å². The maximum Gasteiger partial charge on any atom is 0.254 e. The van der Waals surface area contributed by atoms with Gasteiger partial charge in [0.1, 0.15) is 34.5 Å². The molecular weight excluding hydrogens is 458 g/mol. The topological polar surface area (TPSA) is 72.8 Å². The summed E-state index contributed by atoms with van der Waals surface area (Å²) in [4.78, 5) is 22.6. The second kappa shape index (κ2) is 9.81. The molecule has 0 unspecified atom stereocenters. The minimum absolute atomic E-state index is 0.0559. The summed E-state index contributed by atoms with van der Waals surface area (Å²) in [5.74, 6) is 4.06. The van der Waals surface area contributed by atoms with E-state index in [1.807, 2.05) is 47.4 Å². The Morgan fingerprint density at radius 1 is 0.889 bits per heavy atom. The predicted molar refractivity (Wildman–Crippen MR) is 137 cm³/mol. The van der Waals surface area contributed by atoms with Crippen LogP contribution in [0.3, 0.4) is 0 Å². The van der Waals surface area contributed by atoms with Gasteiger partial charge in [0.15, 0.2) is 5.75 Å². The van der Waals surface area contributed by atoms with Crippen molar-refractivity contribution in [2.24, 2.45) is 4.99 Å². The lowest BCUT2D eigenvalue weighted by molar-refractivity contribution is 0.0580. The minimum atomic E-state index is -0.0575. The Bertz CT molecular complexity index is 1300. The average Bonchev–Trinajstić information content (AvgIpc) is 3.08. The molecule has 5 rings (SSSR count). The molecule has 0 radical (unpaired) electrons. The number of amidine groups is 1. The molecule has 2 aliphatic heterocycles. The second-order valence-electron chi connectivity index (χ2n) is 8.76. The van der Waals surface area contributed by atoms with Crippen molar-refractivity contribution in [3.8, 4) is 28.7 Å². The number of hydrogen-bond donors (Lipinski definition) is 0. The van der Waals surface area contributed by atoms with E-state index in [-0.39, 0.29) is 11.9 Å². The first-order valence-electron chi connectivity index (χ1n) is 11.8. The molecule has 0 spiro atoms. The first kappa shape index (κ1) is 23.5. The number of ether oxygens (including phenoxy) is 4. The number of fused-ring (bicyclic) bond motifs is 2. The molecule has 1 saturated heterocycles. The number of nitrogens with zero attached hydrogens (tertiary/aromatic N) is 3. The van der Waals surface area contributed by atoms with Crippen LogP contribution in [-0.2, 0) is 0 Å². The normalized spacial score (nSPS) is 16.7. The lowest BCUT2D eigenvalue weighted by atomic mass is 10.1. The van der Waals surface area contributed by atoms with Crippen LogP contribution in [0.5, 0.6) is 28.7 Å². The summed E-state index contributed by atoms with van der Waals surface area (Å²) >= 11 is 0. The first-order chi connectivity index (χ1) is 17.5. The van der Waals surface area contributed by atoms with Crippen molar-refractivity contribution in [1.29, 1.82) is 0 Å². The van der Waals surface area contributed by atoms with Crippen molar-refractivity contribution >= 4 is 17.4 Å². The van der Waals surface area contributed by atoms with Crippen LogP contribution in [-0.4, -0.2) is 68.5 Å². The number of methoxy groups -OCH3 is 3. The van der Waals surface area contributed by atoms with Gasteiger partial charge in [-0.1, -0.05) is 12.1 Å². The Hall–Kier alpha value is -4.20. The van der Waals surface area contributed by atoms with Crippen molar-refractivity contribution in [3.05, 3.63) is 71.8 Å². The molecule has 8 heteroatoms. The lowest BCUT2D eigenvalue weighted by Crippen LogP contribution is -2.55. The highest BCUT2D eigenvalue weighted by Gasteiger charge is 2.32. The maximum absolute atomic E-state index is 13.5. The van der Waals surface area contributed by atoms with Gasteiger partial charge in [0.05, 0.1) is 26.9 Å². The molecule has 3 aromatic carbocycles. The van der Waals surface area contributed by atoms with Crippen LogP contribution < -0.4 is 18.9 Å². The molecule has 186 valence electrons. The molecule has 0 aromatic heterocycles. The van der Waals surface area contributed by atoms with Crippen LogP contribution >= 0.6 is 0 Å². The molecule has 2 aliphatic rings. The van der Waals surface area contributed by atoms with E-state index in [4.69, 9.17) is 23.9 Å². The van der Waals surface area contributed by atoms with Crippen molar-refractivity contribution in [2.45, 2.75) is 13.0 Å². The van der Waals surface area contributed by atoms with Gasteiger partial charge in [0, 0.05) is 37.3 Å². The standard InChI is InChI=1S/C28H29N3O5/c1-18-17-30(11-12-31(18)28(32)19-13-21(34-3)15-22(14-19)35-4)27-23-16-20(33-2)9-10-25(23)36-26-8-6-5-7-24(26)29-27/h5-10,13-16,18H,11-12,17H2,1-4H3/t18-/m1/s1. The number of carbonyl (C=O) groups excluding carboxylic acids is 1. The molecule has 0 saturated carbocycles. The van der Waals surface area contributed by atoms with Gasteiger partial charge in [0.25, 0.3) is 5.91 Å². The Balaban J connectivity index is 1.45. The molecule has 3 aromatic rings. The molecule has 0 N–H and O–H groups in total. The Morgan fingerprint density at radius 2 is 1.61 bits per heavy atom. The lowest BCUT2D eigenvalue weighted by Gasteiger charge is -2.41. The van der Waals surface area contributed by atoms with Crippen molar-refractivity contribution in [1.82, 2.24) is 9.80 Å². The van der Waals surface area contributed by atoms with Crippen molar-refractivity contribution < 1.29 is 23.7 Å². The zero-order valence-corrected chi connectivity index (χ0v) is 20.9. The van der Waals surface area contributed by atoms with Crippen LogP contribution in [0.2, 0.25) is 0 Å². The Morgan fingerprint density at radius 3 is 2.31 bits per heavy atom. The summed E-state index contributed by atoms with van der Waals surface area (Å²) in [7, 11) is 4.80. The third-order valence-corrected chi connectivity index (χ3v) is 6.53. The molecule has 8 nitrogen and oxygen atoms in total. The van der Waals surface area contributed by atoms with Crippen LogP contribution in [0.15, 0.2) is 65.7 Å². The zero-order chi connectivity index (χ0) is 25.2. The molecule has 0 bridgehead atoms. The van der Waals surface area contributed by atoms with E-state index in [0.717, 1.165) is 22.8 Å². The summed E-state index contributed by atoms with van der Waals surface area (Å²) in [6, 6.07) is 18.7. The van der Waals surface area contributed by atoms with Gasteiger partial charge in [-0.3, -0.25) is 4.79 Å². The summed E-state index contributed by atoms with van der Waals surface area (Å²) < 4.78 is 22.4. The largest absolute Gasteiger partial charge is 0.497 e. The monoisotopic (exact) mass is 487 g/mol. The van der Waals surface area contributed by atoms with Gasteiger partial charge in [-0.25, -0.2) is 4.99 Å². The number of piperazine rings is 1. The number of para-hydroxylation sites is 2. The van der Waals surface area contributed by atoms with E-state index in [2.05, 4.69) is 11.8 Å². The number of aliphatic imine (C=N–C) groups is 1. The quantitative estimate of drug-likeness (QED) is 0.529. The number of amides is 1. The minimum Gasteiger partial charge on any atom is -0.497 e. The van der Waals surface area contributed by atoms with Crippen LogP contribution in [0.4, 0.5) is 5.69 Å². The molecule has 1 atom stereocenters. The number of rotatable bonds is 4. The van der Waals surface area contributed by atoms with Crippen LogP contribution in [0, 0.1) is 0 Å². The molecule has 36 heavy (non-hydrogen) atoms. The van der Waals surface area contributed by atoms with Gasteiger partial charge in [-0.15, -0.1) is 0 Å². The third-order valence-electron chi connectivity index (χ3n) is 6.53. The van der Waals surface area contributed by atoms with Gasteiger partial charge < -0.3 is 28.7 Å². The van der Waals surface area contributed by atoms with Crippen LogP contribution in [0.1, 0.15) is 22.8 Å². The summed E-state index contributed by atoms with van der Waals surface area (Å²) in [5, 5.41) is 0. The summed E-state index contributed by atoms with van der Waals surface area (Å²) in [6.07, 6.45) is 0. The summed E-state index contributed by atoms with van der Waals surface area (Å²) in [5.41, 5.74) is 2.16. The van der Waals surface area contributed by atoms with E-state index in [1.165, 1.54) is 0 Å². The number of benzene rings is 3. The van der Waals surface area contributed by atoms with Gasteiger partial charge >= 0.3 is 0 Å². The smallest absolute Gasteiger partial charge is 0.254 e. The fourth-order valence-electron chi connectivity index (χ4n) is 4.62. The van der Waals surface area contributed by atoms with E-state index in [9.17, 15) is 4.79 Å². The second-order valence-corrected chi connectivity index (χ2v) is 8.76. The Kier molecular flexibility index (Phi) is 6.41. The van der Waals surface area contributed by atoms with E-state index in [1.54, 1.807) is 39.5 Å². The van der Waals surface area contributed by atoms with Crippen LogP contribution in [0.25, 0.3) is 0 Å². The average molecular weight is 488 g/mol. The number of hydrogen-bond acceptors (Lipinski definition) is 7. The summed E-state index contributed by atoms with van der Waals surface area (Å²) in [6.45, 7) is 3.83. The fraction of sp³-hybridized carbons (Fsp3) is 0.286. The van der Waals surface area contributed by atoms with E-state index in [0.29, 0.717) is 48.2 Å². The molecule has 1 fully saturated rings. The number of carbonyl (C=O) groups is 1. The highest BCUT2D eigenvalue weighted by Crippen LogP contribution is 2.39. The predicted octanol–water partition coefficient (Wildman–Crippen LogP) is 4.74. The Labute approximate surface area is 210 Å². The van der Waals surface area contributed by atoms with Crippen molar-refractivity contribution in [2.75, 3.05) is 41.0 Å². The molecule has 1 amide bonds. The maximum atomic E-state index is 13.5. The highest BCUT2D eigenvalue weighted by molar-refractivity contribution is 6.04. The van der Waals surface area contributed by atoms with E-state index < -0.39 is 0 Å². The molecular formula is C28H29N3O5. The third kappa shape index (κ3) is 4.42. The zero-order valence-electron chi connectivity index (χ0n) is 20.9. The van der Waals surface area contributed by atoms with Crippen molar-refractivity contribution in [3.63, 3.8) is 0 Å². The fourth-order valence-corrected chi connectivity index (χ4v) is 4.62. The molecule has 2 heterocycles. The SMILES string of the molecule is COc1cc(OC)cc(C(=O)N2CCN(C3=Nc4ccccc4Oc4ccc(OC)cc43)C[C@H]2C)c1. The molecule has 0 aliphatic carbocycles.